The molecule has 11 rings (SSSR count). The van der Waals surface area contributed by atoms with Crippen LogP contribution in [-0.2, 0) is 0 Å². The molecule has 0 aliphatic carbocycles. The van der Waals surface area contributed by atoms with Crippen molar-refractivity contribution >= 4 is 53.6 Å². The van der Waals surface area contributed by atoms with Gasteiger partial charge in [0.1, 0.15) is 16.8 Å². The number of aromatic nitrogens is 5. The van der Waals surface area contributed by atoms with Gasteiger partial charge in [0.2, 0.25) is 0 Å². The highest BCUT2D eigenvalue weighted by atomic mass is 32.1. The topological polar surface area (TPSA) is 77.6 Å². The molecule has 0 spiro atoms. The molecular weight excluding hydrogens is 707 g/mol. The second kappa shape index (κ2) is 13.2. The first-order chi connectivity index (χ1) is 27.7. The molecule has 4 heterocycles. The van der Waals surface area contributed by atoms with Crippen molar-refractivity contribution < 1.29 is 4.42 Å². The van der Waals surface area contributed by atoms with Gasteiger partial charge in [0.25, 0.3) is 0 Å². The first kappa shape index (κ1) is 32.1. The van der Waals surface area contributed by atoms with Gasteiger partial charge in [-0.3, -0.25) is 0 Å². The third-order valence-corrected chi connectivity index (χ3v) is 11.3. The Morgan fingerprint density at radius 1 is 0.375 bits per heavy atom. The molecule has 4 aromatic heterocycles. The Kier molecular flexibility index (Phi) is 7.57. The largest absolute Gasteiger partial charge is 0.452 e. The van der Waals surface area contributed by atoms with E-state index in [9.17, 15) is 0 Å². The van der Waals surface area contributed by atoms with Crippen molar-refractivity contribution in [2.45, 2.75) is 0 Å². The molecule has 0 fully saturated rings. The Bertz CT molecular complexity index is 3180. The zero-order chi connectivity index (χ0) is 37.0. The second-order valence-corrected chi connectivity index (χ2v) is 14.7. The average Bonchev–Trinajstić information content (AvgIpc) is 3.85. The fourth-order valence-corrected chi connectivity index (χ4v) is 8.56. The van der Waals surface area contributed by atoms with E-state index in [4.69, 9.17) is 29.3 Å². The first-order valence-electron chi connectivity index (χ1n) is 18.4. The van der Waals surface area contributed by atoms with Gasteiger partial charge in [0.05, 0.1) is 0 Å². The van der Waals surface area contributed by atoms with Crippen LogP contribution in [0.25, 0.3) is 110 Å². The fourth-order valence-electron chi connectivity index (χ4n) is 7.45. The predicted molar refractivity (Wildman–Crippen MR) is 228 cm³/mol. The summed E-state index contributed by atoms with van der Waals surface area (Å²) in [5, 5.41) is 3.27. The number of benzene rings is 7. The van der Waals surface area contributed by atoms with Crippen molar-refractivity contribution in [2.75, 3.05) is 0 Å². The highest BCUT2D eigenvalue weighted by molar-refractivity contribution is 7.26. The first-order valence-corrected chi connectivity index (χ1v) is 19.2. The number of fused-ring (bicyclic) bond motifs is 6. The highest BCUT2D eigenvalue weighted by Gasteiger charge is 2.20. The van der Waals surface area contributed by atoms with Gasteiger partial charge >= 0.3 is 0 Å². The fraction of sp³-hybridized carbons (Fsp3) is 0. The summed E-state index contributed by atoms with van der Waals surface area (Å²) in [6.07, 6.45) is 0. The van der Waals surface area contributed by atoms with E-state index in [2.05, 4.69) is 66.7 Å². The molecule has 7 heteroatoms. The number of rotatable bonds is 6. The number of furan rings is 1. The minimum atomic E-state index is 0.645. The lowest BCUT2D eigenvalue weighted by Crippen LogP contribution is -2.00. The number of hydrogen-bond acceptors (Lipinski definition) is 7. The summed E-state index contributed by atoms with van der Waals surface area (Å²) in [5.41, 5.74) is 10.0. The summed E-state index contributed by atoms with van der Waals surface area (Å²) in [6, 6.07) is 60.0. The molecule has 0 bridgehead atoms. The Morgan fingerprint density at radius 3 is 1.62 bits per heavy atom. The third kappa shape index (κ3) is 5.52. The van der Waals surface area contributed by atoms with Gasteiger partial charge in [-0.05, 0) is 41.5 Å². The van der Waals surface area contributed by atoms with Crippen LogP contribution in [0.1, 0.15) is 0 Å². The van der Waals surface area contributed by atoms with Crippen LogP contribution in [-0.4, -0.2) is 24.9 Å². The van der Waals surface area contributed by atoms with E-state index in [1.807, 2.05) is 109 Å². The molecule has 6 nitrogen and oxygen atoms in total. The van der Waals surface area contributed by atoms with Gasteiger partial charge in [-0.15, -0.1) is 11.3 Å². The SMILES string of the molecule is c1ccc(-c2nc(-c3ccccc3)nc(-c3cccc4sc5ccc(-c6ccc(-c7nc(-c8ccccc8)nc8c7oc7ccccc78)cc6)cc5c34)n2)cc1. The quantitative estimate of drug-likeness (QED) is 0.169. The molecule has 0 saturated carbocycles. The monoisotopic (exact) mass is 735 g/mol. The number of thiophene rings is 1. The van der Waals surface area contributed by atoms with E-state index in [-0.39, 0.29) is 0 Å². The molecule has 0 aliphatic rings. The molecule has 7 aromatic carbocycles. The Morgan fingerprint density at radius 2 is 0.946 bits per heavy atom. The van der Waals surface area contributed by atoms with Gasteiger partial charge in [-0.2, -0.15) is 0 Å². The second-order valence-electron chi connectivity index (χ2n) is 13.6. The van der Waals surface area contributed by atoms with Crippen LogP contribution in [0, 0.1) is 0 Å². The molecule has 262 valence electrons. The maximum Gasteiger partial charge on any atom is 0.180 e. The van der Waals surface area contributed by atoms with Crippen molar-refractivity contribution in [3.63, 3.8) is 0 Å². The van der Waals surface area contributed by atoms with Crippen molar-refractivity contribution in [3.05, 3.63) is 176 Å². The van der Waals surface area contributed by atoms with Crippen LogP contribution < -0.4 is 0 Å². The minimum absolute atomic E-state index is 0.645. The van der Waals surface area contributed by atoms with Crippen LogP contribution in [0.2, 0.25) is 0 Å². The summed E-state index contributed by atoms with van der Waals surface area (Å²) in [7, 11) is 0. The van der Waals surface area contributed by atoms with Crippen LogP contribution in [0.4, 0.5) is 0 Å². The summed E-state index contributed by atoms with van der Waals surface area (Å²) in [6.45, 7) is 0. The van der Waals surface area contributed by atoms with E-state index < -0.39 is 0 Å². The lowest BCUT2D eigenvalue weighted by Gasteiger charge is -2.10. The van der Waals surface area contributed by atoms with Crippen LogP contribution in [0.15, 0.2) is 180 Å². The zero-order valence-corrected chi connectivity index (χ0v) is 30.6. The van der Waals surface area contributed by atoms with Gasteiger partial charge < -0.3 is 4.42 Å². The van der Waals surface area contributed by atoms with Crippen molar-refractivity contribution in [1.82, 2.24) is 24.9 Å². The summed E-state index contributed by atoms with van der Waals surface area (Å²) >= 11 is 1.78. The van der Waals surface area contributed by atoms with E-state index in [1.54, 1.807) is 11.3 Å². The molecule has 0 N–H and O–H groups in total. The molecule has 0 aliphatic heterocycles. The third-order valence-electron chi connectivity index (χ3n) is 10.2. The lowest BCUT2D eigenvalue weighted by atomic mass is 9.99. The van der Waals surface area contributed by atoms with E-state index >= 15 is 0 Å². The Labute approximate surface area is 325 Å². The van der Waals surface area contributed by atoms with Crippen molar-refractivity contribution in [2.24, 2.45) is 0 Å². The number of para-hydroxylation sites is 1. The highest BCUT2D eigenvalue weighted by Crippen LogP contribution is 2.42. The summed E-state index contributed by atoms with van der Waals surface area (Å²) in [5.74, 6) is 2.60. The van der Waals surface area contributed by atoms with E-state index in [0.29, 0.717) is 28.9 Å². The molecule has 56 heavy (non-hydrogen) atoms. The van der Waals surface area contributed by atoms with E-state index in [1.165, 1.54) is 9.40 Å². The Hall–Kier alpha value is -7.35. The molecule has 11 aromatic rings. The molecule has 0 atom stereocenters. The number of hydrogen-bond donors (Lipinski definition) is 0. The molecule has 0 radical (unpaired) electrons. The zero-order valence-electron chi connectivity index (χ0n) is 29.8. The average molecular weight is 736 g/mol. The maximum atomic E-state index is 6.40. The van der Waals surface area contributed by atoms with Gasteiger partial charge in [-0.25, -0.2) is 24.9 Å². The number of nitrogens with zero attached hydrogens (tertiary/aromatic N) is 5. The standard InChI is InChI=1S/C49H29N5OS/c1-4-13-32(14-5-1)46-50-43(45-44(51-46)36-19-10-11-21-39(36)55-45)31-25-23-30(24-26-31)35-27-28-40-38(29-35)42-37(20-12-22-41(42)56-40)49-53-47(33-15-6-2-7-16-33)52-48(54-49)34-17-8-3-9-18-34/h1-29H. The van der Waals surface area contributed by atoms with Crippen LogP contribution >= 0.6 is 11.3 Å². The van der Waals surface area contributed by atoms with Gasteiger partial charge in [0.15, 0.2) is 28.9 Å². The van der Waals surface area contributed by atoms with Gasteiger partial charge in [-0.1, -0.05) is 146 Å². The molecule has 0 saturated heterocycles. The lowest BCUT2D eigenvalue weighted by molar-refractivity contribution is 0.667. The summed E-state index contributed by atoms with van der Waals surface area (Å²) < 4.78 is 8.78. The van der Waals surface area contributed by atoms with Crippen LogP contribution in [0.5, 0.6) is 0 Å². The van der Waals surface area contributed by atoms with Crippen molar-refractivity contribution in [3.8, 4) is 67.9 Å². The normalized spacial score (nSPS) is 11.6. The Balaban J connectivity index is 1.03. The minimum Gasteiger partial charge on any atom is -0.452 e. The molecular formula is C49H29N5OS. The maximum absolute atomic E-state index is 6.40. The smallest absolute Gasteiger partial charge is 0.180 e. The van der Waals surface area contributed by atoms with E-state index in [0.717, 1.165) is 71.9 Å². The van der Waals surface area contributed by atoms with Crippen molar-refractivity contribution in [1.29, 1.82) is 0 Å². The summed E-state index contributed by atoms with van der Waals surface area (Å²) in [4.78, 5) is 25.2. The molecule has 0 unspecified atom stereocenters. The van der Waals surface area contributed by atoms with Crippen LogP contribution in [0.3, 0.4) is 0 Å². The molecule has 0 amide bonds. The predicted octanol–water partition coefficient (Wildman–Crippen LogP) is 12.9. The van der Waals surface area contributed by atoms with Gasteiger partial charge in [0, 0.05) is 53.4 Å².